The average Bonchev–Trinajstić information content (AvgIpc) is 3.07. The van der Waals surface area contributed by atoms with Gasteiger partial charge in [-0.15, -0.1) is 0 Å². The Balaban J connectivity index is 1.49. The van der Waals surface area contributed by atoms with Crippen LogP contribution in [0.1, 0.15) is 44.9 Å². The third kappa shape index (κ3) is 6.55. The van der Waals surface area contributed by atoms with Gasteiger partial charge in [0, 0.05) is 12.7 Å². The number of amides is 1. The zero-order valence-corrected chi connectivity index (χ0v) is 18.4. The van der Waals surface area contributed by atoms with Gasteiger partial charge in [-0.1, -0.05) is 0 Å². The van der Waals surface area contributed by atoms with Gasteiger partial charge in [-0.25, -0.2) is 19.4 Å². The second-order valence-corrected chi connectivity index (χ2v) is 8.55. The topological polar surface area (TPSA) is 94.4 Å². The van der Waals surface area contributed by atoms with Gasteiger partial charge in [0.2, 0.25) is 0 Å². The quantitative estimate of drug-likeness (QED) is 0.714. The summed E-state index contributed by atoms with van der Waals surface area (Å²) in [5.74, 6) is 1.62. The van der Waals surface area contributed by atoms with E-state index in [-0.39, 0.29) is 19.3 Å². The lowest BCUT2D eigenvalue weighted by Crippen LogP contribution is -2.39. The number of pyridine rings is 1. The Morgan fingerprint density at radius 1 is 1.25 bits per heavy atom. The van der Waals surface area contributed by atoms with Crippen LogP contribution in [-0.2, 0) is 35.3 Å². The zero-order valence-electron chi connectivity index (χ0n) is 18.4. The highest BCUT2D eigenvalue weighted by Gasteiger charge is 2.31. The minimum absolute atomic E-state index is 0.166. The van der Waals surface area contributed by atoms with Gasteiger partial charge in [0.1, 0.15) is 23.9 Å². The molecule has 0 bridgehead atoms. The van der Waals surface area contributed by atoms with E-state index in [2.05, 4.69) is 20.4 Å². The number of alkyl carbamates (subject to hydrolysis) is 1. The summed E-state index contributed by atoms with van der Waals surface area (Å²) in [5.41, 5.74) is -1.36. The number of nitrogens with zero attached hydrogens (tertiary/aromatic N) is 5. The van der Waals surface area contributed by atoms with Crippen molar-refractivity contribution in [3.05, 3.63) is 35.5 Å². The summed E-state index contributed by atoms with van der Waals surface area (Å²) >= 11 is 0. The Morgan fingerprint density at radius 2 is 2.00 bits per heavy atom. The molecule has 3 heterocycles. The Labute approximate surface area is 183 Å². The van der Waals surface area contributed by atoms with Crippen LogP contribution in [0.3, 0.4) is 0 Å². The van der Waals surface area contributed by atoms with Crippen LogP contribution in [0.2, 0.25) is 0 Å². The van der Waals surface area contributed by atoms with Crippen LogP contribution in [0.15, 0.2) is 18.3 Å². The molecule has 176 valence electrons. The highest BCUT2D eigenvalue weighted by atomic mass is 19.4. The molecule has 0 aromatic carbocycles. The lowest BCUT2D eigenvalue weighted by Gasteiger charge is -2.27. The first-order valence-electron chi connectivity index (χ1n) is 10.2. The molecular formula is C20H27F3N6O3. The van der Waals surface area contributed by atoms with Crippen molar-refractivity contribution >= 4 is 11.9 Å². The summed E-state index contributed by atoms with van der Waals surface area (Å²) in [6.07, 6.45) is -4.09. The largest absolute Gasteiger partial charge is 0.444 e. The van der Waals surface area contributed by atoms with Crippen molar-refractivity contribution in [2.45, 2.75) is 65.2 Å². The molecule has 32 heavy (non-hydrogen) atoms. The average molecular weight is 456 g/mol. The van der Waals surface area contributed by atoms with Crippen molar-refractivity contribution in [1.29, 1.82) is 0 Å². The van der Waals surface area contributed by atoms with Gasteiger partial charge in [0.15, 0.2) is 5.82 Å². The molecular weight excluding hydrogens is 429 g/mol. The molecule has 1 aliphatic rings. The number of hydrogen-bond acceptors (Lipinski definition) is 7. The van der Waals surface area contributed by atoms with Crippen molar-refractivity contribution in [3.8, 4) is 0 Å². The predicted octanol–water partition coefficient (Wildman–Crippen LogP) is 3.14. The second kappa shape index (κ2) is 9.31. The number of aromatic nitrogens is 4. The molecule has 0 aliphatic carbocycles. The summed E-state index contributed by atoms with van der Waals surface area (Å²) in [5, 5.41) is 7.10. The molecule has 0 unspecified atom stereocenters. The highest BCUT2D eigenvalue weighted by molar-refractivity contribution is 5.68. The Morgan fingerprint density at radius 3 is 2.62 bits per heavy atom. The van der Waals surface area contributed by atoms with Crippen molar-refractivity contribution in [2.75, 3.05) is 18.1 Å². The van der Waals surface area contributed by atoms with E-state index in [0.29, 0.717) is 37.1 Å². The summed E-state index contributed by atoms with van der Waals surface area (Å²) in [7, 11) is 0. The van der Waals surface area contributed by atoms with Crippen LogP contribution in [0.5, 0.6) is 0 Å². The van der Waals surface area contributed by atoms with Crippen LogP contribution in [0.25, 0.3) is 0 Å². The maximum atomic E-state index is 12.7. The zero-order chi connectivity index (χ0) is 23.5. The molecule has 2 aromatic rings. The first-order valence-corrected chi connectivity index (χ1v) is 10.2. The molecule has 0 spiro atoms. The molecule has 9 nitrogen and oxygen atoms in total. The molecule has 1 amide bonds. The Kier molecular flexibility index (Phi) is 6.91. The third-order valence-corrected chi connectivity index (χ3v) is 4.47. The SMILES string of the molecule is C[C@@H](COCc1nc2n(n1)CCN(c1ccc(C(F)(F)F)cn1)C2)NC(=O)OC(C)(C)C. The number of anilines is 1. The van der Waals surface area contributed by atoms with Gasteiger partial charge >= 0.3 is 12.3 Å². The number of carbonyl (C=O) groups is 1. The van der Waals surface area contributed by atoms with E-state index in [4.69, 9.17) is 9.47 Å². The monoisotopic (exact) mass is 456 g/mol. The second-order valence-electron chi connectivity index (χ2n) is 8.55. The van der Waals surface area contributed by atoms with E-state index in [1.54, 1.807) is 32.4 Å². The fourth-order valence-corrected chi connectivity index (χ4v) is 3.06. The molecule has 3 rings (SSSR count). The summed E-state index contributed by atoms with van der Waals surface area (Å²) in [4.78, 5) is 22.0. The van der Waals surface area contributed by atoms with Gasteiger partial charge < -0.3 is 19.7 Å². The summed E-state index contributed by atoms with van der Waals surface area (Å²) in [6, 6.07) is 2.12. The van der Waals surface area contributed by atoms with E-state index < -0.39 is 23.4 Å². The fourth-order valence-electron chi connectivity index (χ4n) is 3.06. The lowest BCUT2D eigenvalue weighted by molar-refractivity contribution is -0.137. The molecule has 2 aromatic heterocycles. The number of fused-ring (bicyclic) bond motifs is 1. The molecule has 0 radical (unpaired) electrons. The standard InChI is InChI=1S/C20H27F3N6O3/c1-13(25-18(30)32-19(2,3)4)11-31-12-15-26-17-10-28(7-8-29(17)27-15)16-6-5-14(9-24-16)20(21,22)23/h5-6,9,13H,7-8,10-12H2,1-4H3,(H,25,30)/t13-/m0/s1. The first-order chi connectivity index (χ1) is 14.9. The maximum absolute atomic E-state index is 12.7. The number of carbonyl (C=O) groups excluding carboxylic acids is 1. The van der Waals surface area contributed by atoms with Crippen LogP contribution >= 0.6 is 0 Å². The van der Waals surface area contributed by atoms with Crippen molar-refractivity contribution in [3.63, 3.8) is 0 Å². The minimum atomic E-state index is -4.41. The van der Waals surface area contributed by atoms with Gasteiger partial charge in [-0.05, 0) is 39.8 Å². The van der Waals surface area contributed by atoms with E-state index in [9.17, 15) is 18.0 Å². The number of alkyl halides is 3. The Hall–Kier alpha value is -2.89. The highest BCUT2D eigenvalue weighted by Crippen LogP contribution is 2.29. The molecule has 12 heteroatoms. The number of halogens is 3. The van der Waals surface area contributed by atoms with Gasteiger partial charge in [0.25, 0.3) is 0 Å². The van der Waals surface area contributed by atoms with Crippen molar-refractivity contribution < 1.29 is 27.4 Å². The van der Waals surface area contributed by atoms with E-state index >= 15 is 0 Å². The van der Waals surface area contributed by atoms with E-state index in [1.165, 1.54) is 6.07 Å². The number of ether oxygens (including phenoxy) is 2. The first kappa shape index (κ1) is 23.8. The van der Waals surface area contributed by atoms with Gasteiger partial charge in [0.05, 0.1) is 31.3 Å². The molecule has 0 saturated heterocycles. The summed E-state index contributed by atoms with van der Waals surface area (Å²) < 4.78 is 50.7. The van der Waals surface area contributed by atoms with E-state index in [0.717, 1.165) is 12.3 Å². The minimum Gasteiger partial charge on any atom is -0.444 e. The molecule has 1 N–H and O–H groups in total. The van der Waals surface area contributed by atoms with Crippen LogP contribution in [-0.4, -0.2) is 50.6 Å². The number of rotatable bonds is 6. The smallest absolute Gasteiger partial charge is 0.417 e. The molecule has 1 aliphatic heterocycles. The summed E-state index contributed by atoms with van der Waals surface area (Å²) in [6.45, 7) is 9.03. The lowest BCUT2D eigenvalue weighted by atomic mass is 10.2. The number of nitrogens with one attached hydrogen (secondary N) is 1. The van der Waals surface area contributed by atoms with E-state index in [1.807, 2.05) is 4.90 Å². The molecule has 0 saturated carbocycles. The number of hydrogen-bond donors (Lipinski definition) is 1. The van der Waals surface area contributed by atoms with Crippen molar-refractivity contribution in [1.82, 2.24) is 25.1 Å². The third-order valence-electron chi connectivity index (χ3n) is 4.47. The van der Waals surface area contributed by atoms with Gasteiger partial charge in [-0.3, -0.25) is 0 Å². The fraction of sp³-hybridized carbons (Fsp3) is 0.600. The van der Waals surface area contributed by atoms with Crippen LogP contribution in [0, 0.1) is 0 Å². The van der Waals surface area contributed by atoms with Gasteiger partial charge in [-0.2, -0.15) is 18.3 Å². The predicted molar refractivity (Wildman–Crippen MR) is 109 cm³/mol. The van der Waals surface area contributed by atoms with Crippen molar-refractivity contribution in [2.24, 2.45) is 0 Å². The normalized spacial score (nSPS) is 15.3. The Bertz CT molecular complexity index is 924. The molecule has 0 fully saturated rings. The molecule has 1 atom stereocenters. The van der Waals surface area contributed by atoms with Crippen LogP contribution < -0.4 is 10.2 Å². The van der Waals surface area contributed by atoms with Crippen LogP contribution in [0.4, 0.5) is 23.8 Å². The maximum Gasteiger partial charge on any atom is 0.417 e.